The van der Waals surface area contributed by atoms with Crippen molar-refractivity contribution < 1.29 is 4.79 Å². The molecule has 0 aromatic heterocycles. The summed E-state index contributed by atoms with van der Waals surface area (Å²) in [6, 6.07) is 10.4. The molecule has 86 valence electrons. The van der Waals surface area contributed by atoms with Gasteiger partial charge in [0.2, 0.25) is 0 Å². The van der Waals surface area contributed by atoms with Crippen molar-refractivity contribution in [1.29, 1.82) is 0 Å². The summed E-state index contributed by atoms with van der Waals surface area (Å²) in [5, 5.41) is 0. The van der Waals surface area contributed by atoms with Gasteiger partial charge in [-0.05, 0) is 0 Å². The van der Waals surface area contributed by atoms with E-state index < -0.39 is 12.3 Å². The summed E-state index contributed by atoms with van der Waals surface area (Å²) in [7, 11) is 1.99. The summed E-state index contributed by atoms with van der Waals surface area (Å²) < 4.78 is 3.42. The Morgan fingerprint density at radius 3 is 2.81 bits per heavy atom. The van der Waals surface area contributed by atoms with Crippen molar-refractivity contribution in [2.24, 2.45) is 5.73 Å². The summed E-state index contributed by atoms with van der Waals surface area (Å²) in [5.41, 5.74) is 5.48. The average molecular weight is 297 g/mol. The van der Waals surface area contributed by atoms with Gasteiger partial charge >= 0.3 is 102 Å². The molecule has 0 aliphatic carbocycles. The second-order valence-corrected chi connectivity index (χ2v) is 17.1. The standard InChI is InChI=1S/C11H16GeN2OS/c1-12(10-5-3-2-4-6-10)14(7-8-16-12)11(15)9-13/h2-6H,7-9,13H2,1H3. The molecule has 1 unspecified atom stereocenters. The summed E-state index contributed by atoms with van der Waals surface area (Å²) in [5.74, 6) is 3.44. The fourth-order valence-corrected chi connectivity index (χ4v) is 14.9. The van der Waals surface area contributed by atoms with E-state index in [1.54, 1.807) is 0 Å². The van der Waals surface area contributed by atoms with Crippen molar-refractivity contribution in [2.75, 3.05) is 18.8 Å². The van der Waals surface area contributed by atoms with E-state index in [1.807, 2.05) is 16.2 Å². The van der Waals surface area contributed by atoms with Crippen LogP contribution in [-0.2, 0) is 4.79 Å². The number of benzene rings is 1. The molecule has 1 aromatic rings. The van der Waals surface area contributed by atoms with E-state index in [0.717, 1.165) is 12.3 Å². The number of carbonyl (C=O) groups is 1. The van der Waals surface area contributed by atoms with Crippen LogP contribution in [0, 0.1) is 0 Å². The zero-order valence-electron chi connectivity index (χ0n) is 9.35. The van der Waals surface area contributed by atoms with Gasteiger partial charge in [0.05, 0.1) is 0 Å². The maximum atomic E-state index is 11.8. The molecule has 1 aliphatic rings. The van der Waals surface area contributed by atoms with Crippen LogP contribution in [-0.4, -0.2) is 41.0 Å². The van der Waals surface area contributed by atoms with E-state index in [9.17, 15) is 4.79 Å². The number of amides is 1. The van der Waals surface area contributed by atoms with Crippen LogP contribution in [0.5, 0.6) is 0 Å². The molecule has 0 bridgehead atoms. The van der Waals surface area contributed by atoms with Gasteiger partial charge in [0.15, 0.2) is 0 Å². The number of rotatable bonds is 2. The number of carbonyl (C=O) groups excluding carboxylic acids is 1. The normalized spacial score (nSPS) is 24.8. The molecule has 1 fully saturated rings. The minimum atomic E-state index is -2.42. The average Bonchev–Trinajstić information content (AvgIpc) is 2.73. The SMILES string of the molecule is [CH3][Ge]1([c]2ccccc2)[S]CC[N]1C(=O)CN. The van der Waals surface area contributed by atoms with Crippen molar-refractivity contribution in [3.63, 3.8) is 0 Å². The Morgan fingerprint density at radius 1 is 1.50 bits per heavy atom. The Bertz CT molecular complexity index is 387. The van der Waals surface area contributed by atoms with E-state index in [2.05, 4.69) is 33.9 Å². The molecule has 1 saturated heterocycles. The van der Waals surface area contributed by atoms with Gasteiger partial charge in [-0.2, -0.15) is 0 Å². The molecule has 1 aromatic carbocycles. The molecule has 3 nitrogen and oxygen atoms in total. The maximum absolute atomic E-state index is 11.8. The Hall–Kier alpha value is -0.457. The van der Waals surface area contributed by atoms with Crippen LogP contribution in [0.25, 0.3) is 0 Å². The molecular weight excluding hydrogens is 281 g/mol. The Balaban J connectivity index is 2.33. The fourth-order valence-electron chi connectivity index (χ4n) is 2.09. The van der Waals surface area contributed by atoms with E-state index in [-0.39, 0.29) is 12.5 Å². The number of hydrogen-bond acceptors (Lipinski definition) is 3. The predicted molar refractivity (Wildman–Crippen MR) is 70.9 cm³/mol. The third-order valence-electron chi connectivity index (χ3n) is 3.00. The molecule has 1 heterocycles. The Labute approximate surface area is 102 Å². The summed E-state index contributed by atoms with van der Waals surface area (Å²) in [6.45, 7) is 1.00. The molecule has 16 heavy (non-hydrogen) atoms. The van der Waals surface area contributed by atoms with Gasteiger partial charge in [-0.1, -0.05) is 0 Å². The third kappa shape index (κ3) is 2.01. The third-order valence-corrected chi connectivity index (χ3v) is 17.2. The van der Waals surface area contributed by atoms with Crippen LogP contribution in [0.2, 0.25) is 5.76 Å². The first-order valence-electron chi connectivity index (χ1n) is 5.38. The van der Waals surface area contributed by atoms with Crippen molar-refractivity contribution in [2.45, 2.75) is 5.76 Å². The van der Waals surface area contributed by atoms with Crippen molar-refractivity contribution in [3.8, 4) is 0 Å². The summed E-state index contributed by atoms with van der Waals surface area (Å²) in [6.07, 6.45) is 0. The van der Waals surface area contributed by atoms with E-state index in [1.165, 1.54) is 4.40 Å². The van der Waals surface area contributed by atoms with Crippen molar-refractivity contribution >= 4 is 32.7 Å². The van der Waals surface area contributed by atoms with Gasteiger partial charge in [-0.25, -0.2) is 0 Å². The van der Waals surface area contributed by atoms with Gasteiger partial charge < -0.3 is 0 Å². The fraction of sp³-hybridized carbons (Fsp3) is 0.364. The molecule has 0 spiro atoms. The van der Waals surface area contributed by atoms with Crippen LogP contribution in [0.15, 0.2) is 30.3 Å². The first-order valence-corrected chi connectivity index (χ1v) is 13.0. The number of nitrogens with zero attached hydrogens (tertiary/aromatic N) is 1. The second-order valence-electron chi connectivity index (χ2n) is 3.95. The summed E-state index contributed by atoms with van der Waals surface area (Å²) >= 11 is -2.42. The van der Waals surface area contributed by atoms with E-state index in [0.29, 0.717) is 0 Å². The molecule has 0 radical (unpaired) electrons. The molecule has 1 amide bonds. The van der Waals surface area contributed by atoms with Crippen LogP contribution < -0.4 is 10.1 Å². The molecule has 1 atom stereocenters. The molecule has 0 saturated carbocycles. The predicted octanol–water partition coefficient (Wildman–Crippen LogP) is 0.500. The first-order chi connectivity index (χ1) is 7.68. The Morgan fingerprint density at radius 2 is 2.19 bits per heavy atom. The van der Waals surface area contributed by atoms with Gasteiger partial charge in [0, 0.05) is 0 Å². The van der Waals surface area contributed by atoms with Crippen LogP contribution in [0.4, 0.5) is 0 Å². The van der Waals surface area contributed by atoms with Crippen LogP contribution >= 0.6 is 10.1 Å². The van der Waals surface area contributed by atoms with Gasteiger partial charge in [0.25, 0.3) is 0 Å². The second kappa shape index (κ2) is 4.81. The molecule has 5 heteroatoms. The van der Waals surface area contributed by atoms with Crippen molar-refractivity contribution in [3.05, 3.63) is 30.3 Å². The van der Waals surface area contributed by atoms with Crippen LogP contribution in [0.3, 0.4) is 0 Å². The van der Waals surface area contributed by atoms with Gasteiger partial charge in [-0.15, -0.1) is 0 Å². The van der Waals surface area contributed by atoms with E-state index in [4.69, 9.17) is 5.73 Å². The number of hydrogen-bond donors (Lipinski definition) is 1. The Kier molecular flexibility index (Phi) is 3.61. The summed E-state index contributed by atoms with van der Waals surface area (Å²) in [4.78, 5) is 11.8. The monoisotopic (exact) mass is 298 g/mol. The zero-order chi connectivity index (χ0) is 11.6. The van der Waals surface area contributed by atoms with E-state index >= 15 is 0 Å². The van der Waals surface area contributed by atoms with Crippen LogP contribution in [0.1, 0.15) is 0 Å². The molecule has 1 aliphatic heterocycles. The zero-order valence-corrected chi connectivity index (χ0v) is 12.3. The minimum absolute atomic E-state index is 0.108. The quantitative estimate of drug-likeness (QED) is 0.809. The molecular formula is C11H16GeN2OS. The van der Waals surface area contributed by atoms with Crippen molar-refractivity contribution in [1.82, 2.24) is 3.86 Å². The first kappa shape index (κ1) is 12.0. The van der Waals surface area contributed by atoms with Gasteiger partial charge in [0.1, 0.15) is 0 Å². The number of nitrogens with two attached hydrogens (primary N) is 1. The molecule has 2 N–H and O–H groups in total. The topological polar surface area (TPSA) is 46.3 Å². The van der Waals surface area contributed by atoms with Gasteiger partial charge in [-0.3, -0.25) is 0 Å². The molecule has 2 rings (SSSR count).